The van der Waals surface area contributed by atoms with E-state index in [1.54, 1.807) is 0 Å². The van der Waals surface area contributed by atoms with Crippen LogP contribution in [0, 0.1) is 5.82 Å². The van der Waals surface area contributed by atoms with E-state index in [-0.39, 0.29) is 5.82 Å². The molecule has 0 spiro atoms. The Hall–Kier alpha value is -1.69. The van der Waals surface area contributed by atoms with Crippen LogP contribution in [0.3, 0.4) is 0 Å². The number of hydrogen-bond donors (Lipinski definition) is 2. The number of anilines is 2. The molecule has 0 aliphatic carbocycles. The zero-order valence-corrected chi connectivity index (χ0v) is 12.0. The van der Waals surface area contributed by atoms with Gasteiger partial charge in [0.2, 0.25) is 5.95 Å². The van der Waals surface area contributed by atoms with E-state index in [0.29, 0.717) is 19.0 Å². The maximum atomic E-state index is 13.6. The second-order valence-electron chi connectivity index (χ2n) is 3.90. The van der Waals surface area contributed by atoms with Gasteiger partial charge in [0.1, 0.15) is 0 Å². The van der Waals surface area contributed by atoms with Crippen LogP contribution in [0.1, 0.15) is 12.5 Å². The summed E-state index contributed by atoms with van der Waals surface area (Å²) < 4.78 is 14.6. The van der Waals surface area contributed by atoms with Gasteiger partial charge in [0.15, 0.2) is 11.6 Å². The van der Waals surface area contributed by atoms with Crippen LogP contribution in [0.2, 0.25) is 0 Å². The van der Waals surface area contributed by atoms with E-state index in [1.165, 1.54) is 0 Å². The molecule has 0 atom stereocenters. The van der Waals surface area contributed by atoms with Gasteiger partial charge in [0, 0.05) is 17.6 Å². The van der Waals surface area contributed by atoms with Gasteiger partial charge in [0.05, 0.1) is 6.20 Å². The van der Waals surface area contributed by atoms with Crippen molar-refractivity contribution >= 4 is 27.7 Å². The summed E-state index contributed by atoms with van der Waals surface area (Å²) in [7, 11) is 0. The molecule has 0 saturated carbocycles. The van der Waals surface area contributed by atoms with Crippen molar-refractivity contribution in [3.8, 4) is 0 Å². The largest absolute Gasteiger partial charge is 0.363 e. The first-order chi connectivity index (χ1) is 9.19. The summed E-state index contributed by atoms with van der Waals surface area (Å²) >= 11 is 3.37. The maximum Gasteiger partial charge on any atom is 0.224 e. The molecule has 0 radical (unpaired) electrons. The SMILES string of the molecule is CCNc1ncc(F)c(NCc2ccc(Br)cc2)n1. The van der Waals surface area contributed by atoms with E-state index in [4.69, 9.17) is 0 Å². The lowest BCUT2D eigenvalue weighted by Gasteiger charge is -2.08. The Morgan fingerprint density at radius 1 is 1.21 bits per heavy atom. The molecule has 0 saturated heterocycles. The van der Waals surface area contributed by atoms with Crippen LogP contribution in [0.5, 0.6) is 0 Å². The van der Waals surface area contributed by atoms with Crippen molar-refractivity contribution in [1.29, 1.82) is 0 Å². The highest BCUT2D eigenvalue weighted by molar-refractivity contribution is 9.10. The van der Waals surface area contributed by atoms with Gasteiger partial charge in [-0.3, -0.25) is 0 Å². The van der Waals surface area contributed by atoms with E-state index >= 15 is 0 Å². The molecule has 2 rings (SSSR count). The molecule has 6 heteroatoms. The third-order valence-corrected chi connectivity index (χ3v) is 2.98. The van der Waals surface area contributed by atoms with Gasteiger partial charge in [0.25, 0.3) is 0 Å². The normalized spacial score (nSPS) is 10.3. The molecular formula is C13H14BrFN4. The smallest absolute Gasteiger partial charge is 0.224 e. The Morgan fingerprint density at radius 2 is 1.95 bits per heavy atom. The standard InChI is InChI=1S/C13H14BrFN4/c1-2-16-13-18-8-11(15)12(19-13)17-7-9-3-5-10(14)6-4-9/h3-6,8H,2,7H2,1H3,(H2,16,17,18,19). The summed E-state index contributed by atoms with van der Waals surface area (Å²) in [6.45, 7) is 3.13. The van der Waals surface area contributed by atoms with Crippen molar-refractivity contribution in [2.24, 2.45) is 0 Å². The molecular weight excluding hydrogens is 311 g/mol. The van der Waals surface area contributed by atoms with E-state index < -0.39 is 5.82 Å². The first kappa shape index (κ1) is 13.7. The van der Waals surface area contributed by atoms with Crippen molar-refractivity contribution < 1.29 is 4.39 Å². The average molecular weight is 325 g/mol. The van der Waals surface area contributed by atoms with Crippen LogP contribution < -0.4 is 10.6 Å². The topological polar surface area (TPSA) is 49.8 Å². The molecule has 2 N–H and O–H groups in total. The minimum Gasteiger partial charge on any atom is -0.363 e. The Balaban J connectivity index is 2.05. The molecule has 0 amide bonds. The second-order valence-corrected chi connectivity index (χ2v) is 4.82. The van der Waals surface area contributed by atoms with E-state index in [2.05, 4.69) is 36.5 Å². The fourth-order valence-corrected chi connectivity index (χ4v) is 1.79. The summed E-state index contributed by atoms with van der Waals surface area (Å²) in [4.78, 5) is 7.93. The van der Waals surface area contributed by atoms with Crippen LogP contribution in [-0.4, -0.2) is 16.5 Å². The predicted octanol–water partition coefficient (Wildman–Crippen LogP) is 3.42. The molecule has 0 fully saturated rings. The zero-order chi connectivity index (χ0) is 13.7. The third kappa shape index (κ3) is 3.89. The van der Waals surface area contributed by atoms with Crippen LogP contribution in [-0.2, 0) is 6.54 Å². The third-order valence-electron chi connectivity index (χ3n) is 2.45. The molecule has 1 aromatic heterocycles. The first-order valence-electron chi connectivity index (χ1n) is 5.93. The fourth-order valence-electron chi connectivity index (χ4n) is 1.52. The second kappa shape index (κ2) is 6.47. The van der Waals surface area contributed by atoms with Crippen LogP contribution >= 0.6 is 15.9 Å². The van der Waals surface area contributed by atoms with Gasteiger partial charge in [-0.2, -0.15) is 4.98 Å². The Bertz CT molecular complexity index is 545. The number of nitrogens with zero attached hydrogens (tertiary/aromatic N) is 2. The highest BCUT2D eigenvalue weighted by atomic mass is 79.9. The van der Waals surface area contributed by atoms with Gasteiger partial charge in [-0.25, -0.2) is 9.37 Å². The van der Waals surface area contributed by atoms with Gasteiger partial charge in [-0.15, -0.1) is 0 Å². The zero-order valence-electron chi connectivity index (χ0n) is 10.5. The molecule has 2 aromatic rings. The first-order valence-corrected chi connectivity index (χ1v) is 6.73. The van der Waals surface area contributed by atoms with Crippen LogP contribution in [0.25, 0.3) is 0 Å². The highest BCUT2D eigenvalue weighted by Crippen LogP contribution is 2.15. The number of hydrogen-bond acceptors (Lipinski definition) is 4. The minimum atomic E-state index is -0.459. The number of benzene rings is 1. The number of rotatable bonds is 5. The average Bonchev–Trinajstić information content (AvgIpc) is 2.41. The molecule has 4 nitrogen and oxygen atoms in total. The lowest BCUT2D eigenvalue weighted by Crippen LogP contribution is -2.08. The van der Waals surface area contributed by atoms with Crippen molar-refractivity contribution in [3.05, 3.63) is 46.3 Å². The molecule has 0 bridgehead atoms. The summed E-state index contributed by atoms with van der Waals surface area (Å²) in [5.41, 5.74) is 1.05. The number of nitrogens with one attached hydrogen (secondary N) is 2. The van der Waals surface area contributed by atoms with Crippen molar-refractivity contribution in [2.45, 2.75) is 13.5 Å². The van der Waals surface area contributed by atoms with Gasteiger partial charge >= 0.3 is 0 Å². The predicted molar refractivity (Wildman–Crippen MR) is 77.6 cm³/mol. The van der Waals surface area contributed by atoms with Gasteiger partial charge in [-0.05, 0) is 24.6 Å². The molecule has 0 aliphatic heterocycles. The molecule has 1 heterocycles. The van der Waals surface area contributed by atoms with Gasteiger partial charge < -0.3 is 10.6 Å². The number of halogens is 2. The van der Waals surface area contributed by atoms with Crippen LogP contribution in [0.15, 0.2) is 34.9 Å². The van der Waals surface area contributed by atoms with Gasteiger partial charge in [-0.1, -0.05) is 28.1 Å². The summed E-state index contributed by atoms with van der Waals surface area (Å²) in [5, 5.41) is 5.91. The van der Waals surface area contributed by atoms with Crippen molar-refractivity contribution in [1.82, 2.24) is 9.97 Å². The molecule has 19 heavy (non-hydrogen) atoms. The summed E-state index contributed by atoms with van der Waals surface area (Å²) in [6.07, 6.45) is 1.16. The number of aromatic nitrogens is 2. The minimum absolute atomic E-state index is 0.203. The Kier molecular flexibility index (Phi) is 4.68. The van der Waals surface area contributed by atoms with Crippen molar-refractivity contribution in [3.63, 3.8) is 0 Å². The summed E-state index contributed by atoms with van der Waals surface area (Å²) in [6, 6.07) is 7.80. The maximum absolute atomic E-state index is 13.6. The molecule has 100 valence electrons. The van der Waals surface area contributed by atoms with E-state index in [1.807, 2.05) is 31.2 Å². The van der Waals surface area contributed by atoms with E-state index in [0.717, 1.165) is 16.2 Å². The van der Waals surface area contributed by atoms with Crippen molar-refractivity contribution in [2.75, 3.05) is 17.2 Å². The molecule has 0 unspecified atom stereocenters. The summed E-state index contributed by atoms with van der Waals surface area (Å²) in [5.74, 6) is 0.162. The lowest BCUT2D eigenvalue weighted by molar-refractivity contribution is 0.617. The van der Waals surface area contributed by atoms with Crippen LogP contribution in [0.4, 0.5) is 16.2 Å². The van der Waals surface area contributed by atoms with E-state index in [9.17, 15) is 4.39 Å². The Labute approximate surface area is 119 Å². The molecule has 0 aliphatic rings. The Morgan fingerprint density at radius 3 is 2.63 bits per heavy atom. The lowest BCUT2D eigenvalue weighted by atomic mass is 10.2. The quantitative estimate of drug-likeness (QED) is 0.884. The fraction of sp³-hybridized carbons (Fsp3) is 0.231. The highest BCUT2D eigenvalue weighted by Gasteiger charge is 2.06. The molecule has 1 aromatic carbocycles. The monoisotopic (exact) mass is 324 g/mol.